The molecule has 2 aromatic rings. The lowest BCUT2D eigenvalue weighted by molar-refractivity contribution is -0.389. The summed E-state index contributed by atoms with van der Waals surface area (Å²) < 4.78 is 5.20. The van der Waals surface area contributed by atoms with Crippen LogP contribution < -0.4 is 39.6 Å². The van der Waals surface area contributed by atoms with E-state index in [9.17, 15) is 4.79 Å². The van der Waals surface area contributed by atoms with Crippen molar-refractivity contribution in [2.75, 3.05) is 5.32 Å². The Labute approximate surface area is 160 Å². The molecule has 1 aromatic carbocycles. The highest BCUT2D eigenvalue weighted by Crippen LogP contribution is 2.11. The van der Waals surface area contributed by atoms with Crippen LogP contribution in [0.25, 0.3) is 0 Å². The number of carbonyl (C=O) groups is 1. The lowest BCUT2D eigenvalue weighted by Crippen LogP contribution is -3.00. The Bertz CT molecular complexity index is 625. The van der Waals surface area contributed by atoms with E-state index >= 15 is 0 Å². The van der Waals surface area contributed by atoms with E-state index in [1.807, 2.05) is 69.4 Å². The van der Waals surface area contributed by atoms with Crippen LogP contribution in [0.1, 0.15) is 32.0 Å². The molecule has 2 rings (SSSR count). The van der Waals surface area contributed by atoms with Crippen molar-refractivity contribution in [3.8, 4) is 0 Å². The molecule has 130 valence electrons. The molecule has 0 unspecified atom stereocenters. The quantitative estimate of drug-likeness (QED) is 0.650. The van der Waals surface area contributed by atoms with Crippen molar-refractivity contribution in [2.45, 2.75) is 39.5 Å². The molecule has 1 amide bonds. The monoisotopic (exact) mass is 441 g/mol. The van der Waals surface area contributed by atoms with E-state index in [2.05, 4.69) is 15.6 Å². The second-order valence-corrected chi connectivity index (χ2v) is 6.29. The molecule has 0 bridgehead atoms. The Morgan fingerprint density at radius 2 is 1.79 bits per heavy atom. The largest absolute Gasteiger partial charge is 1.00 e. The van der Waals surface area contributed by atoms with Crippen molar-refractivity contribution in [3.05, 3.63) is 59.9 Å². The zero-order valence-electron chi connectivity index (χ0n) is 14.2. The Morgan fingerprint density at radius 3 is 2.38 bits per heavy atom. The molecular weight excluding hydrogens is 417 g/mol. The minimum Gasteiger partial charge on any atom is -1.00 e. The summed E-state index contributed by atoms with van der Waals surface area (Å²) in [4.78, 5) is 14.8. The number of nitrogens with one attached hydrogen (secondary N) is 3. The Hall–Kier alpha value is -1.83. The summed E-state index contributed by atoms with van der Waals surface area (Å²) in [5.41, 5.74) is 2.69. The standard InChI is InChI=1S/C18H23N3O2.HI/c1-18(2,3)23-17(22)21-12-14-7-9-15(10-8-14)20-13-16-6-4-5-11-19-16;/h4-11,20H,12-13H2,1-3H3,(H,21,22);1H. The van der Waals surface area contributed by atoms with Crippen LogP contribution in [-0.2, 0) is 17.8 Å². The van der Waals surface area contributed by atoms with Gasteiger partial charge in [-0.3, -0.25) is 0 Å². The maximum atomic E-state index is 11.6. The molecule has 0 aliphatic heterocycles. The molecule has 24 heavy (non-hydrogen) atoms. The van der Waals surface area contributed by atoms with Crippen LogP contribution in [0.15, 0.2) is 48.7 Å². The van der Waals surface area contributed by atoms with Crippen LogP contribution in [0.5, 0.6) is 0 Å². The van der Waals surface area contributed by atoms with Crippen molar-refractivity contribution in [3.63, 3.8) is 0 Å². The number of benzene rings is 1. The first-order valence-corrected chi connectivity index (χ1v) is 7.68. The van der Waals surface area contributed by atoms with Crippen molar-refractivity contribution < 1.29 is 38.5 Å². The molecule has 0 saturated carbocycles. The number of aromatic nitrogens is 1. The predicted molar refractivity (Wildman–Crippen MR) is 89.8 cm³/mol. The van der Waals surface area contributed by atoms with E-state index < -0.39 is 11.7 Å². The molecule has 1 aromatic heterocycles. The Kier molecular flexibility index (Phi) is 7.97. The summed E-state index contributed by atoms with van der Waals surface area (Å²) in [6.45, 7) is 6.71. The first kappa shape index (κ1) is 20.2. The summed E-state index contributed by atoms with van der Waals surface area (Å²) in [6, 6.07) is 13.9. The number of halogens is 1. The third-order valence-electron chi connectivity index (χ3n) is 3.05. The smallest absolute Gasteiger partial charge is 0.407 e. The van der Waals surface area contributed by atoms with Crippen LogP contribution >= 0.6 is 0 Å². The van der Waals surface area contributed by atoms with Crippen LogP contribution in [0.2, 0.25) is 0 Å². The fraction of sp³-hybridized carbons (Fsp3) is 0.333. The van der Waals surface area contributed by atoms with Gasteiger partial charge in [0.15, 0.2) is 11.9 Å². The number of hydrogen-bond donors (Lipinski definition) is 2. The van der Waals surface area contributed by atoms with Crippen LogP contribution in [0, 0.1) is 0 Å². The molecular formula is C18H24IN3O2. The molecule has 0 fully saturated rings. The van der Waals surface area contributed by atoms with Gasteiger partial charge >= 0.3 is 6.09 Å². The van der Waals surface area contributed by atoms with Crippen LogP contribution in [0.3, 0.4) is 0 Å². The topological polar surface area (TPSA) is 64.5 Å². The zero-order valence-corrected chi connectivity index (χ0v) is 16.4. The maximum absolute atomic E-state index is 11.6. The van der Waals surface area contributed by atoms with Gasteiger partial charge in [0, 0.05) is 24.4 Å². The third kappa shape index (κ3) is 7.63. The van der Waals surface area contributed by atoms with Gasteiger partial charge in [0.05, 0.1) is 0 Å². The van der Waals surface area contributed by atoms with Gasteiger partial charge in [-0.05, 0) is 38.5 Å². The summed E-state index contributed by atoms with van der Waals surface area (Å²) in [6.07, 6.45) is 1.50. The molecule has 1 heterocycles. The van der Waals surface area contributed by atoms with Crippen molar-refractivity contribution in [1.29, 1.82) is 0 Å². The summed E-state index contributed by atoms with van der Waals surface area (Å²) in [7, 11) is 0. The van der Waals surface area contributed by atoms with Gasteiger partial charge in [-0.25, -0.2) is 9.78 Å². The van der Waals surface area contributed by atoms with E-state index in [4.69, 9.17) is 4.74 Å². The van der Waals surface area contributed by atoms with E-state index in [-0.39, 0.29) is 24.0 Å². The highest BCUT2D eigenvalue weighted by Gasteiger charge is 2.15. The average Bonchev–Trinajstić information content (AvgIpc) is 2.51. The lowest BCUT2D eigenvalue weighted by Gasteiger charge is -2.19. The second-order valence-electron chi connectivity index (χ2n) is 6.29. The SMILES string of the molecule is CC(C)(C)OC(=O)NCc1ccc(NCc2cccc[nH+]2)cc1.[I-]. The fourth-order valence-corrected chi connectivity index (χ4v) is 1.97. The van der Waals surface area contributed by atoms with Gasteiger partial charge in [-0.15, -0.1) is 0 Å². The average molecular weight is 441 g/mol. The van der Waals surface area contributed by atoms with Crippen LogP contribution in [0.4, 0.5) is 10.5 Å². The molecule has 3 N–H and O–H groups in total. The number of rotatable bonds is 5. The first-order chi connectivity index (χ1) is 10.9. The van der Waals surface area contributed by atoms with Crippen molar-refractivity contribution >= 4 is 11.8 Å². The molecule has 0 atom stereocenters. The highest BCUT2D eigenvalue weighted by molar-refractivity contribution is 5.67. The number of pyridine rings is 1. The number of H-pyrrole nitrogens is 1. The molecule has 0 spiro atoms. The van der Waals surface area contributed by atoms with Gasteiger partial charge in [-0.2, -0.15) is 0 Å². The maximum Gasteiger partial charge on any atom is 0.407 e. The highest BCUT2D eigenvalue weighted by atomic mass is 127. The minimum atomic E-state index is -0.480. The van der Waals surface area contributed by atoms with Gasteiger partial charge in [0.25, 0.3) is 0 Å². The van der Waals surface area contributed by atoms with E-state index in [0.29, 0.717) is 6.54 Å². The minimum absolute atomic E-state index is 0. The van der Waals surface area contributed by atoms with E-state index in [0.717, 1.165) is 23.5 Å². The number of alkyl carbamates (subject to hydrolysis) is 1. The summed E-state index contributed by atoms with van der Waals surface area (Å²) in [5, 5.41) is 6.09. The zero-order chi connectivity index (χ0) is 16.7. The molecule has 0 aliphatic rings. The van der Waals surface area contributed by atoms with Crippen LogP contribution in [-0.4, -0.2) is 11.7 Å². The number of anilines is 1. The summed E-state index contributed by atoms with van der Waals surface area (Å²) in [5.74, 6) is 0. The molecule has 0 radical (unpaired) electrons. The van der Waals surface area contributed by atoms with Gasteiger partial charge in [-0.1, -0.05) is 18.2 Å². The number of amides is 1. The van der Waals surface area contributed by atoms with Crippen molar-refractivity contribution in [1.82, 2.24) is 5.32 Å². The normalized spacial score (nSPS) is 10.5. The number of carbonyl (C=O) groups excluding carboxylic acids is 1. The second kappa shape index (κ2) is 9.46. The van der Waals surface area contributed by atoms with E-state index in [1.165, 1.54) is 0 Å². The van der Waals surface area contributed by atoms with Gasteiger partial charge in [0.1, 0.15) is 12.1 Å². The first-order valence-electron chi connectivity index (χ1n) is 7.68. The predicted octanol–water partition coefficient (Wildman–Crippen LogP) is 0.142. The molecule has 0 saturated heterocycles. The van der Waals surface area contributed by atoms with Gasteiger partial charge in [0.2, 0.25) is 0 Å². The summed E-state index contributed by atoms with van der Waals surface area (Å²) >= 11 is 0. The Morgan fingerprint density at radius 1 is 1.08 bits per heavy atom. The van der Waals surface area contributed by atoms with Gasteiger partial charge < -0.3 is 39.3 Å². The number of hydrogen-bond acceptors (Lipinski definition) is 3. The fourth-order valence-electron chi connectivity index (χ4n) is 1.97. The molecule has 6 heteroatoms. The lowest BCUT2D eigenvalue weighted by atomic mass is 10.2. The number of ether oxygens (including phenoxy) is 1. The third-order valence-corrected chi connectivity index (χ3v) is 3.05. The molecule has 5 nitrogen and oxygen atoms in total. The van der Waals surface area contributed by atoms with E-state index in [1.54, 1.807) is 0 Å². The molecule has 0 aliphatic carbocycles. The number of aromatic amines is 1. The Balaban J connectivity index is 0.00000288. The van der Waals surface area contributed by atoms with Crippen molar-refractivity contribution in [2.24, 2.45) is 0 Å².